The number of alkyl halides is 1. The van der Waals surface area contributed by atoms with Crippen LogP contribution in [0.4, 0.5) is 24.8 Å². The van der Waals surface area contributed by atoms with Crippen LogP contribution >= 0.6 is 0 Å². The minimum Gasteiger partial charge on any atom is -0.419 e. The summed E-state index contributed by atoms with van der Waals surface area (Å²) in [5, 5.41) is 12.5. The van der Waals surface area contributed by atoms with Crippen LogP contribution in [0, 0.1) is 11.6 Å². The third kappa shape index (κ3) is 4.98. The smallest absolute Gasteiger partial charge is 0.243 e. The Morgan fingerprint density at radius 1 is 1.29 bits per heavy atom. The van der Waals surface area contributed by atoms with E-state index >= 15 is 0 Å². The Morgan fingerprint density at radius 2 is 2.09 bits per heavy atom. The van der Waals surface area contributed by atoms with Crippen LogP contribution in [0.5, 0.6) is 0 Å². The van der Waals surface area contributed by atoms with Gasteiger partial charge in [-0.15, -0.1) is 10.2 Å². The fourth-order valence-electron chi connectivity index (χ4n) is 4.13. The van der Waals surface area contributed by atoms with Crippen LogP contribution in [-0.2, 0) is 22.8 Å². The summed E-state index contributed by atoms with van der Waals surface area (Å²) in [6.07, 6.45) is 0.397. The van der Waals surface area contributed by atoms with Crippen molar-refractivity contribution in [1.29, 1.82) is 0 Å². The van der Waals surface area contributed by atoms with Gasteiger partial charge in [0.05, 0.1) is 18.2 Å². The van der Waals surface area contributed by atoms with E-state index in [2.05, 4.69) is 27.0 Å². The number of rotatable bonds is 9. The highest BCUT2D eigenvalue weighted by molar-refractivity contribution is 5.86. The van der Waals surface area contributed by atoms with Crippen LogP contribution < -0.4 is 4.90 Å². The van der Waals surface area contributed by atoms with Crippen LogP contribution in [-0.4, -0.2) is 53.6 Å². The molecule has 1 aliphatic rings. The van der Waals surface area contributed by atoms with Gasteiger partial charge in [0.15, 0.2) is 11.6 Å². The molecule has 3 heterocycles. The van der Waals surface area contributed by atoms with Crippen molar-refractivity contribution in [2.45, 2.75) is 38.9 Å². The van der Waals surface area contributed by atoms with Crippen LogP contribution in [0.25, 0.3) is 11.6 Å². The monoisotopic (exact) mass is 490 g/mol. The average molecular weight is 490 g/mol. The molecular formula is C23H25F3N6O3. The largest absolute Gasteiger partial charge is 0.419 e. The minimum absolute atomic E-state index is 0.0272. The molecule has 0 N–H and O–H groups in total. The van der Waals surface area contributed by atoms with E-state index in [1.807, 2.05) is 0 Å². The summed E-state index contributed by atoms with van der Waals surface area (Å²) in [7, 11) is 3.00. The number of anilines is 1. The van der Waals surface area contributed by atoms with E-state index in [1.165, 1.54) is 18.9 Å². The Labute approximate surface area is 199 Å². The van der Waals surface area contributed by atoms with Gasteiger partial charge < -0.3 is 18.8 Å². The van der Waals surface area contributed by atoms with Crippen molar-refractivity contribution in [2.75, 3.05) is 25.7 Å². The molecule has 2 atom stereocenters. The number of methoxy groups -OCH3 is 2. The van der Waals surface area contributed by atoms with Crippen molar-refractivity contribution < 1.29 is 27.1 Å². The van der Waals surface area contributed by atoms with Crippen LogP contribution in [0.2, 0.25) is 0 Å². The lowest BCUT2D eigenvalue weighted by Crippen LogP contribution is -2.25. The highest BCUT2D eigenvalue weighted by atomic mass is 19.1. The first kappa shape index (κ1) is 24.6. The molecule has 1 fully saturated rings. The number of nitrogens with zero attached hydrogens (tertiary/aromatic N) is 6. The predicted molar refractivity (Wildman–Crippen MR) is 123 cm³/mol. The molecule has 0 bridgehead atoms. The molecule has 1 aromatic carbocycles. The normalized spacial score (nSPS) is 18.5. The third-order valence-corrected chi connectivity index (χ3v) is 5.61. The van der Waals surface area contributed by atoms with Gasteiger partial charge in [0.1, 0.15) is 31.1 Å². The second kappa shape index (κ2) is 10.4. The second-order valence-corrected chi connectivity index (χ2v) is 8.06. The lowest BCUT2D eigenvalue weighted by molar-refractivity contribution is 0.122. The van der Waals surface area contributed by atoms with Crippen LogP contribution in [0.15, 0.2) is 27.6 Å². The Morgan fingerprint density at radius 3 is 2.80 bits per heavy atom. The Hall–Kier alpha value is -3.51. The van der Waals surface area contributed by atoms with E-state index in [0.717, 1.165) is 18.2 Å². The number of hydrogen-bond donors (Lipinski definition) is 0. The summed E-state index contributed by atoms with van der Waals surface area (Å²) in [6.45, 7) is 5.51. The Bertz CT molecular complexity index is 1240. The van der Waals surface area contributed by atoms with Crippen molar-refractivity contribution in [3.05, 3.63) is 52.7 Å². The fraction of sp³-hybridized carbons (Fsp3) is 0.391. The molecule has 0 aliphatic carbocycles. The molecule has 0 spiro atoms. The van der Waals surface area contributed by atoms with Gasteiger partial charge in [-0.05, 0) is 37.9 Å². The van der Waals surface area contributed by atoms with Gasteiger partial charge >= 0.3 is 0 Å². The first-order valence-corrected chi connectivity index (χ1v) is 10.8. The summed E-state index contributed by atoms with van der Waals surface area (Å²) in [5.41, 5.74) is 1.09. The molecule has 1 saturated heterocycles. The van der Waals surface area contributed by atoms with Crippen molar-refractivity contribution in [2.24, 2.45) is 4.99 Å². The molecule has 0 radical (unpaired) electrons. The minimum atomic E-state index is -1.28. The molecule has 0 saturated carbocycles. The molecule has 4 rings (SSSR count). The van der Waals surface area contributed by atoms with Gasteiger partial charge in [-0.1, -0.05) is 0 Å². The zero-order valence-corrected chi connectivity index (χ0v) is 19.5. The highest BCUT2D eigenvalue weighted by Gasteiger charge is 2.38. The average Bonchev–Trinajstić information content (AvgIpc) is 3.53. The number of hydrogen-bond acceptors (Lipinski definition) is 8. The van der Waals surface area contributed by atoms with Gasteiger partial charge in [-0.2, -0.15) is 5.10 Å². The summed E-state index contributed by atoms with van der Waals surface area (Å²) in [5.74, 6) is -0.0307. The zero-order valence-electron chi connectivity index (χ0n) is 19.5. The van der Waals surface area contributed by atoms with Gasteiger partial charge in [-0.25, -0.2) is 22.8 Å². The summed E-state index contributed by atoms with van der Waals surface area (Å²) >= 11 is 0. The van der Waals surface area contributed by atoms with E-state index in [4.69, 9.17) is 13.9 Å². The maximum Gasteiger partial charge on any atom is 0.243 e. The van der Waals surface area contributed by atoms with E-state index in [1.54, 1.807) is 17.9 Å². The molecule has 9 nitrogen and oxygen atoms in total. The first-order valence-electron chi connectivity index (χ1n) is 10.8. The maximum absolute atomic E-state index is 14.7. The zero-order chi connectivity index (χ0) is 25.1. The standard InChI is InChI=1S/C23H25F3N6O3/c1-13(23-29-28-20(35-23)11-33-3)7-17-21(27-2)32(12-34-4)30-22(17)31-10-15(25)9-19(31)16-8-14(24)5-6-18(16)26/h5-8,15,19H,2,9-12H2,1,3-4H3/b13-7+/t15-,19+/m0/s1. The van der Waals surface area contributed by atoms with Crippen molar-refractivity contribution in [3.8, 4) is 0 Å². The molecule has 0 amide bonds. The first-order chi connectivity index (χ1) is 16.9. The number of ether oxygens (including phenoxy) is 2. The fourth-order valence-corrected chi connectivity index (χ4v) is 4.13. The van der Waals surface area contributed by atoms with Gasteiger partial charge in [-0.3, -0.25) is 0 Å². The second-order valence-electron chi connectivity index (χ2n) is 8.06. The molecule has 0 unspecified atom stereocenters. The maximum atomic E-state index is 14.7. The van der Waals surface area contributed by atoms with E-state index in [0.29, 0.717) is 28.7 Å². The Balaban J connectivity index is 1.83. The molecule has 2 aromatic heterocycles. The molecule has 186 valence electrons. The van der Waals surface area contributed by atoms with Crippen molar-refractivity contribution in [1.82, 2.24) is 20.0 Å². The van der Waals surface area contributed by atoms with Gasteiger partial charge in [0, 0.05) is 31.8 Å². The summed E-state index contributed by atoms with van der Waals surface area (Å²) in [4.78, 5) is 5.70. The van der Waals surface area contributed by atoms with Gasteiger partial charge in [0.2, 0.25) is 11.8 Å². The van der Waals surface area contributed by atoms with Crippen molar-refractivity contribution in [3.63, 3.8) is 0 Å². The van der Waals surface area contributed by atoms with Crippen LogP contribution in [0.3, 0.4) is 0 Å². The quantitative estimate of drug-likeness (QED) is 0.409. The van der Waals surface area contributed by atoms with Gasteiger partial charge in [0.25, 0.3) is 0 Å². The molecule has 3 aromatic rings. The Kier molecular flexibility index (Phi) is 7.31. The number of allylic oxidation sites excluding steroid dienone is 1. The van der Waals surface area contributed by atoms with E-state index in [-0.39, 0.29) is 37.8 Å². The number of aromatic nitrogens is 4. The number of halogens is 3. The number of aliphatic imine (C=N–C) groups is 1. The van der Waals surface area contributed by atoms with Crippen LogP contribution in [0.1, 0.15) is 42.3 Å². The van der Waals surface area contributed by atoms with E-state index < -0.39 is 23.8 Å². The number of benzene rings is 1. The molecule has 35 heavy (non-hydrogen) atoms. The molecular weight excluding hydrogens is 465 g/mol. The van der Waals surface area contributed by atoms with Crippen molar-refractivity contribution >= 4 is 30.0 Å². The van der Waals surface area contributed by atoms with E-state index in [9.17, 15) is 13.2 Å². The summed E-state index contributed by atoms with van der Waals surface area (Å²) in [6, 6.07) is 2.36. The topological polar surface area (TPSA) is 90.8 Å². The predicted octanol–water partition coefficient (Wildman–Crippen LogP) is 4.48. The lowest BCUT2D eigenvalue weighted by Gasteiger charge is -2.25. The molecule has 12 heteroatoms. The molecule has 1 aliphatic heterocycles. The summed E-state index contributed by atoms with van der Waals surface area (Å²) < 4.78 is 60.6. The lowest BCUT2D eigenvalue weighted by atomic mass is 10.0. The third-order valence-electron chi connectivity index (χ3n) is 5.61. The highest BCUT2D eigenvalue weighted by Crippen LogP contribution is 2.42. The SMILES string of the molecule is C=Nc1c(/C=C(\C)c2nnc(COC)o2)c(N2C[C@@H](F)C[C@@H]2c2cc(F)ccc2F)nn1COC.